The van der Waals surface area contributed by atoms with Crippen LogP contribution in [0.1, 0.15) is 87.1 Å². The third-order valence-electron chi connectivity index (χ3n) is 8.57. The van der Waals surface area contributed by atoms with Crippen LogP contribution in [-0.2, 0) is 11.8 Å². The number of benzene rings is 2. The van der Waals surface area contributed by atoms with Gasteiger partial charge in [0, 0.05) is 34.4 Å². The van der Waals surface area contributed by atoms with Crippen LogP contribution in [0.15, 0.2) is 33.7 Å². The Morgan fingerprint density at radius 2 is 1.89 bits per heavy atom. The summed E-state index contributed by atoms with van der Waals surface area (Å²) >= 11 is 3.60. The van der Waals surface area contributed by atoms with E-state index in [1.54, 1.807) is 19.9 Å². The Hall–Kier alpha value is -2.61. The van der Waals surface area contributed by atoms with Gasteiger partial charge in [0.05, 0.1) is 9.85 Å². The molecule has 0 aliphatic heterocycles. The van der Waals surface area contributed by atoms with Crippen LogP contribution in [0, 0.1) is 38.5 Å². The molecule has 0 spiro atoms. The van der Waals surface area contributed by atoms with Gasteiger partial charge >= 0.3 is 0 Å². The van der Waals surface area contributed by atoms with Crippen LogP contribution in [0.3, 0.4) is 0 Å². The van der Waals surface area contributed by atoms with Crippen LogP contribution in [0.2, 0.25) is 0 Å². The predicted octanol–water partition coefficient (Wildman–Crippen LogP) is 7.83. The fourth-order valence-corrected chi connectivity index (χ4v) is 7.31. The minimum absolute atomic E-state index is 0.0385. The molecule has 0 radical (unpaired) electrons. The molecule has 4 rings (SSSR count). The molecule has 192 valence electrons. The van der Waals surface area contributed by atoms with Gasteiger partial charge in [-0.25, -0.2) is 0 Å². The first-order chi connectivity index (χ1) is 16.9. The topological polar surface area (TPSA) is 98.6 Å². The second-order valence-electron chi connectivity index (χ2n) is 11.4. The van der Waals surface area contributed by atoms with Crippen molar-refractivity contribution < 1.29 is 9.85 Å². The van der Waals surface area contributed by atoms with Crippen molar-refractivity contribution in [3.8, 4) is 0 Å². The largest absolute Gasteiger partial charge is 0.292 e. The summed E-state index contributed by atoms with van der Waals surface area (Å²) in [6.07, 6.45) is 6.15. The Morgan fingerprint density at radius 1 is 1.17 bits per heavy atom. The van der Waals surface area contributed by atoms with Gasteiger partial charge in [-0.3, -0.25) is 25.2 Å². The third kappa shape index (κ3) is 4.49. The lowest BCUT2D eigenvalue weighted by atomic mass is 9.49. The number of hydrogen-bond acceptors (Lipinski definition) is 5. The fraction of sp³-hybridized carbons (Fsp3) is 0.536. The van der Waals surface area contributed by atoms with Crippen LogP contribution in [0.25, 0.3) is 0 Å². The Morgan fingerprint density at radius 3 is 2.53 bits per heavy atom. The number of fused-ring (bicyclic) bond motifs is 3. The van der Waals surface area contributed by atoms with Crippen molar-refractivity contribution in [3.63, 3.8) is 0 Å². The summed E-state index contributed by atoms with van der Waals surface area (Å²) in [5.41, 5.74) is 3.33. The molecule has 36 heavy (non-hydrogen) atoms. The molecule has 0 bridgehead atoms. The van der Waals surface area contributed by atoms with Gasteiger partial charge in [0.15, 0.2) is 0 Å². The van der Waals surface area contributed by atoms with Crippen LogP contribution < -0.4 is 0 Å². The zero-order chi connectivity index (χ0) is 26.4. The average molecular weight is 557 g/mol. The quantitative estimate of drug-likeness (QED) is 0.206. The normalized spacial score (nSPS) is 25.6. The van der Waals surface area contributed by atoms with Crippen LogP contribution >= 0.6 is 15.9 Å². The number of rotatable bonds is 6. The summed E-state index contributed by atoms with van der Waals surface area (Å²) in [6, 6.07) is 7.85. The highest BCUT2D eigenvalue weighted by Crippen LogP contribution is 2.59. The van der Waals surface area contributed by atoms with E-state index in [9.17, 15) is 20.2 Å². The molecule has 2 aromatic rings. The number of nitro groups is 2. The maximum absolute atomic E-state index is 12.3. The van der Waals surface area contributed by atoms with E-state index in [1.807, 2.05) is 12.3 Å². The monoisotopic (exact) mass is 555 g/mol. The van der Waals surface area contributed by atoms with Crippen molar-refractivity contribution in [2.45, 2.75) is 78.1 Å². The highest BCUT2D eigenvalue weighted by atomic mass is 79.9. The Kier molecular flexibility index (Phi) is 7.12. The molecule has 1 saturated carbocycles. The third-order valence-corrected chi connectivity index (χ3v) is 9.29. The molecule has 2 aliphatic carbocycles. The summed E-state index contributed by atoms with van der Waals surface area (Å²) in [5, 5.41) is 24.3. The minimum Gasteiger partial charge on any atom is -0.292 e. The van der Waals surface area contributed by atoms with Gasteiger partial charge in [0.1, 0.15) is 5.56 Å². The second-order valence-corrected chi connectivity index (χ2v) is 12.2. The molecule has 0 N–H and O–H groups in total. The average Bonchev–Trinajstić information content (AvgIpc) is 2.79. The molecule has 0 aromatic heterocycles. The smallest absolute Gasteiger partial charge is 0.283 e. The molecule has 0 saturated heterocycles. The van der Waals surface area contributed by atoms with Crippen LogP contribution in [0.4, 0.5) is 11.4 Å². The van der Waals surface area contributed by atoms with Gasteiger partial charge in [-0.1, -0.05) is 61.7 Å². The number of nitrogens with zero attached hydrogens (tertiary/aromatic N) is 3. The van der Waals surface area contributed by atoms with E-state index in [0.717, 1.165) is 41.3 Å². The van der Waals surface area contributed by atoms with Gasteiger partial charge in [-0.15, -0.1) is 0 Å². The van der Waals surface area contributed by atoms with Gasteiger partial charge < -0.3 is 0 Å². The summed E-state index contributed by atoms with van der Waals surface area (Å²) in [4.78, 5) is 28.4. The Balaban J connectivity index is 1.77. The summed E-state index contributed by atoms with van der Waals surface area (Å²) < 4.78 is 1.00. The van der Waals surface area contributed by atoms with E-state index in [1.165, 1.54) is 5.56 Å². The number of aryl methyl sites for hydroxylation is 1. The van der Waals surface area contributed by atoms with E-state index >= 15 is 0 Å². The molecule has 1 fully saturated rings. The van der Waals surface area contributed by atoms with Crippen molar-refractivity contribution in [1.82, 2.24) is 0 Å². The lowest BCUT2D eigenvalue weighted by Gasteiger charge is -2.55. The molecular formula is C28H34BrN3O4. The van der Waals surface area contributed by atoms with Crippen molar-refractivity contribution in [2.24, 2.45) is 16.3 Å². The maximum Gasteiger partial charge on any atom is 0.283 e. The van der Waals surface area contributed by atoms with E-state index < -0.39 is 9.85 Å². The number of hydrogen-bond donors (Lipinski definition) is 0. The first-order valence-corrected chi connectivity index (χ1v) is 13.4. The molecule has 3 atom stereocenters. The second kappa shape index (κ2) is 9.69. The standard InChI is InChI=1S/C28H34BrN3O4/c1-17(2)25-23(31(33)34)14-21-20(26(25)32(35)36)8-10-24-27(4,11-6-12-28(21,24)5)16-30-15-19-13-18(3)7-9-22(19)29/h7,9,13-15,17,24H,6,8,10-12,16H2,1-5H3. The lowest BCUT2D eigenvalue weighted by molar-refractivity contribution is -0.396. The Bertz CT molecular complexity index is 1260. The van der Waals surface area contributed by atoms with Crippen molar-refractivity contribution in [1.29, 1.82) is 0 Å². The van der Waals surface area contributed by atoms with Crippen LogP contribution in [0.5, 0.6) is 0 Å². The molecule has 2 aliphatic rings. The first kappa shape index (κ1) is 26.5. The minimum atomic E-state index is -0.443. The summed E-state index contributed by atoms with van der Waals surface area (Å²) in [6.45, 7) is 10.7. The van der Waals surface area contributed by atoms with Gasteiger partial charge in [-0.2, -0.15) is 0 Å². The molecule has 8 heteroatoms. The lowest BCUT2D eigenvalue weighted by Crippen LogP contribution is -2.50. The number of halogens is 1. The molecule has 0 heterocycles. The van der Waals surface area contributed by atoms with E-state index in [0.29, 0.717) is 18.5 Å². The van der Waals surface area contributed by atoms with Crippen LogP contribution in [-0.4, -0.2) is 22.6 Å². The molecule has 0 amide bonds. The molecule has 7 nitrogen and oxygen atoms in total. The number of aliphatic imine (C=N–C) groups is 1. The van der Waals surface area contributed by atoms with Gasteiger partial charge in [0.25, 0.3) is 11.4 Å². The first-order valence-electron chi connectivity index (χ1n) is 12.6. The number of nitro benzene ring substituents is 2. The SMILES string of the molecule is Cc1ccc(Br)c(C=NCC2(C)CCCC3(C)c4cc([N+](=O)[O-])c(C(C)C)c([N+](=O)[O-])c4CCC23)c1. The van der Waals surface area contributed by atoms with Crippen molar-refractivity contribution in [3.05, 3.63) is 76.8 Å². The van der Waals surface area contributed by atoms with Crippen molar-refractivity contribution >= 4 is 33.5 Å². The van der Waals surface area contributed by atoms with E-state index in [-0.39, 0.29) is 39.6 Å². The van der Waals surface area contributed by atoms with E-state index in [4.69, 9.17) is 4.99 Å². The van der Waals surface area contributed by atoms with Gasteiger partial charge in [-0.05, 0) is 73.0 Å². The van der Waals surface area contributed by atoms with E-state index in [2.05, 4.69) is 48.8 Å². The maximum atomic E-state index is 12.3. The summed E-state index contributed by atoms with van der Waals surface area (Å²) in [7, 11) is 0. The summed E-state index contributed by atoms with van der Waals surface area (Å²) in [5.74, 6) is -0.0815. The van der Waals surface area contributed by atoms with Crippen molar-refractivity contribution in [2.75, 3.05) is 6.54 Å². The predicted molar refractivity (Wildman–Crippen MR) is 146 cm³/mol. The molecular weight excluding hydrogens is 522 g/mol. The zero-order valence-electron chi connectivity index (χ0n) is 21.6. The highest BCUT2D eigenvalue weighted by Gasteiger charge is 2.54. The molecule has 3 unspecified atom stereocenters. The molecule has 2 aromatic carbocycles. The fourth-order valence-electron chi connectivity index (χ4n) is 6.96. The highest BCUT2D eigenvalue weighted by molar-refractivity contribution is 9.10. The Labute approximate surface area is 220 Å². The zero-order valence-corrected chi connectivity index (χ0v) is 23.2. The van der Waals surface area contributed by atoms with Gasteiger partial charge in [0.2, 0.25) is 0 Å².